The zero-order valence-electron chi connectivity index (χ0n) is 21.7. The molecule has 0 aromatic heterocycles. The Morgan fingerprint density at radius 3 is 2.10 bits per heavy atom. The van der Waals surface area contributed by atoms with E-state index in [9.17, 15) is 13.2 Å². The van der Waals surface area contributed by atoms with E-state index in [4.69, 9.17) is 34.0 Å². The first-order valence-electron chi connectivity index (χ1n) is 12.2. The molecule has 4 rings (SSSR count). The van der Waals surface area contributed by atoms with Gasteiger partial charge in [0.05, 0.1) is 16.6 Å². The number of hydrogen-bond donors (Lipinski definition) is 2. The van der Waals surface area contributed by atoms with Gasteiger partial charge in [0.15, 0.2) is 5.84 Å². The number of carbonyl (C=O) groups is 1. The smallest absolute Gasteiger partial charge is 0.263 e. The molecule has 0 radical (unpaired) electrons. The highest BCUT2D eigenvalue weighted by molar-refractivity contribution is 7.90. The van der Waals surface area contributed by atoms with E-state index in [2.05, 4.69) is 9.71 Å². The van der Waals surface area contributed by atoms with E-state index in [1.807, 2.05) is 42.5 Å². The lowest BCUT2D eigenvalue weighted by atomic mass is 9.86. The maximum absolute atomic E-state index is 13.4. The molecule has 3 aromatic carbocycles. The number of anilines is 1. The SMILES string of the molecule is CC(C)(C)[C@H](N=C(NS(=O)(=O)c1ccc(Cl)cc1)C1=NN(c2ccc(Cl)cc2)[C@@H](c2ccccc2)C1)C(N)=O. The molecule has 0 saturated carbocycles. The third-order valence-corrected chi connectivity index (χ3v) is 8.02. The maximum atomic E-state index is 13.4. The van der Waals surface area contributed by atoms with Crippen LogP contribution in [0.2, 0.25) is 10.0 Å². The summed E-state index contributed by atoms with van der Waals surface area (Å²) < 4.78 is 29.4. The first-order chi connectivity index (χ1) is 18.3. The molecule has 0 unspecified atom stereocenters. The van der Waals surface area contributed by atoms with E-state index in [1.165, 1.54) is 24.3 Å². The third kappa shape index (κ3) is 6.79. The number of carbonyl (C=O) groups excluding carboxylic acids is 1. The fourth-order valence-electron chi connectivity index (χ4n) is 4.19. The number of nitrogens with one attached hydrogen (secondary N) is 1. The fourth-order valence-corrected chi connectivity index (χ4v) is 5.48. The number of hydrogen-bond acceptors (Lipinski definition) is 6. The molecule has 0 fully saturated rings. The van der Waals surface area contributed by atoms with E-state index >= 15 is 0 Å². The molecule has 8 nitrogen and oxygen atoms in total. The van der Waals surface area contributed by atoms with Crippen LogP contribution in [0.3, 0.4) is 0 Å². The van der Waals surface area contributed by atoms with E-state index in [0.29, 0.717) is 22.2 Å². The van der Waals surface area contributed by atoms with Crippen LogP contribution < -0.4 is 15.5 Å². The summed E-state index contributed by atoms with van der Waals surface area (Å²) in [7, 11) is -4.11. The molecule has 3 aromatic rings. The Bertz CT molecular complexity index is 1500. The summed E-state index contributed by atoms with van der Waals surface area (Å²) in [5.74, 6) is -0.737. The second kappa shape index (κ2) is 11.4. The maximum Gasteiger partial charge on any atom is 0.263 e. The first kappa shape index (κ1) is 28.6. The van der Waals surface area contributed by atoms with Gasteiger partial charge < -0.3 is 5.73 Å². The van der Waals surface area contributed by atoms with Crippen LogP contribution in [0.15, 0.2) is 93.9 Å². The average Bonchev–Trinajstić information content (AvgIpc) is 3.32. The van der Waals surface area contributed by atoms with Crippen molar-refractivity contribution in [2.45, 2.75) is 44.2 Å². The molecule has 1 aliphatic heterocycles. The Kier molecular flexibility index (Phi) is 8.34. The molecule has 39 heavy (non-hydrogen) atoms. The van der Waals surface area contributed by atoms with Crippen LogP contribution in [-0.2, 0) is 14.8 Å². The van der Waals surface area contributed by atoms with Crippen molar-refractivity contribution < 1.29 is 13.2 Å². The molecule has 204 valence electrons. The topological polar surface area (TPSA) is 117 Å². The number of nitrogens with two attached hydrogens (primary N) is 1. The Hall–Kier alpha value is -3.40. The molecule has 3 N–H and O–H groups in total. The minimum absolute atomic E-state index is 0.0150. The van der Waals surface area contributed by atoms with Crippen LogP contribution in [0.25, 0.3) is 0 Å². The van der Waals surface area contributed by atoms with Crippen molar-refractivity contribution in [3.8, 4) is 0 Å². The Morgan fingerprint density at radius 2 is 1.56 bits per heavy atom. The Morgan fingerprint density at radius 1 is 1.00 bits per heavy atom. The van der Waals surface area contributed by atoms with Gasteiger partial charge in [-0.05, 0) is 59.5 Å². The lowest BCUT2D eigenvalue weighted by Gasteiger charge is -2.25. The van der Waals surface area contributed by atoms with E-state index < -0.39 is 27.4 Å². The monoisotopic (exact) mass is 585 g/mol. The standard InChI is InChI=1S/C28H29Cl2N5O3S/c1-28(2,3)25(26(31)36)32-27(34-39(37,38)22-15-11-20(30)12-16-22)23-17-24(18-7-5-4-6-8-18)35(33-23)21-13-9-19(29)10-14-21/h4-16,24-25H,17H2,1-3H3,(H2,31,36)(H,32,34)/t24-,25-/m1/s1. The highest BCUT2D eigenvalue weighted by Crippen LogP contribution is 2.36. The van der Waals surface area contributed by atoms with E-state index in [-0.39, 0.29) is 16.8 Å². The summed E-state index contributed by atoms with van der Waals surface area (Å²) in [6, 6.07) is 21.3. The van der Waals surface area contributed by atoms with Gasteiger partial charge in [0.2, 0.25) is 5.91 Å². The van der Waals surface area contributed by atoms with Gasteiger partial charge in [-0.15, -0.1) is 0 Å². The van der Waals surface area contributed by atoms with Gasteiger partial charge in [-0.3, -0.25) is 19.5 Å². The van der Waals surface area contributed by atoms with Crippen LogP contribution in [-0.4, -0.2) is 31.9 Å². The van der Waals surface area contributed by atoms with Crippen molar-refractivity contribution in [2.24, 2.45) is 21.2 Å². The molecule has 0 bridgehead atoms. The lowest BCUT2D eigenvalue weighted by Crippen LogP contribution is -2.43. The van der Waals surface area contributed by atoms with Gasteiger partial charge in [-0.2, -0.15) is 5.10 Å². The quantitative estimate of drug-likeness (QED) is 0.278. The minimum atomic E-state index is -4.11. The van der Waals surface area contributed by atoms with Crippen LogP contribution >= 0.6 is 23.2 Å². The number of hydrazone groups is 1. The van der Waals surface area contributed by atoms with Crippen LogP contribution in [0.1, 0.15) is 38.8 Å². The molecule has 11 heteroatoms. The number of aliphatic imine (C=N–C) groups is 1. The molecular weight excluding hydrogens is 557 g/mol. The fraction of sp³-hybridized carbons (Fsp3) is 0.250. The second-order valence-electron chi connectivity index (χ2n) is 10.2. The predicted octanol–water partition coefficient (Wildman–Crippen LogP) is 5.58. The van der Waals surface area contributed by atoms with Crippen molar-refractivity contribution in [1.82, 2.24) is 4.72 Å². The third-order valence-electron chi connectivity index (χ3n) is 6.16. The van der Waals surface area contributed by atoms with Crippen molar-refractivity contribution in [2.75, 3.05) is 5.01 Å². The molecule has 1 amide bonds. The summed E-state index contributed by atoms with van der Waals surface area (Å²) >= 11 is 12.1. The van der Waals surface area contributed by atoms with Crippen molar-refractivity contribution in [3.63, 3.8) is 0 Å². The van der Waals surface area contributed by atoms with E-state index in [0.717, 1.165) is 11.3 Å². The number of benzene rings is 3. The number of nitrogens with zero attached hydrogens (tertiary/aromatic N) is 3. The van der Waals surface area contributed by atoms with Gasteiger partial charge in [0.1, 0.15) is 11.8 Å². The molecular formula is C28H29Cl2N5O3S. The molecule has 2 atom stereocenters. The molecule has 1 aliphatic rings. The molecule has 0 spiro atoms. The molecule has 1 heterocycles. The van der Waals surface area contributed by atoms with Crippen molar-refractivity contribution in [1.29, 1.82) is 0 Å². The average molecular weight is 587 g/mol. The normalized spacial score (nSPS) is 17.1. The molecule has 0 aliphatic carbocycles. The Balaban J connectivity index is 1.84. The van der Waals surface area contributed by atoms with Crippen LogP contribution in [0.4, 0.5) is 5.69 Å². The second-order valence-corrected chi connectivity index (χ2v) is 12.8. The first-order valence-corrected chi connectivity index (χ1v) is 14.4. The number of amidine groups is 1. The number of halogens is 2. The molecule has 0 saturated heterocycles. The van der Waals surface area contributed by atoms with Gasteiger partial charge in [-0.25, -0.2) is 8.42 Å². The number of amides is 1. The Labute approximate surface area is 238 Å². The van der Waals surface area contributed by atoms with Crippen molar-refractivity contribution in [3.05, 3.63) is 94.5 Å². The zero-order valence-corrected chi connectivity index (χ0v) is 24.0. The van der Waals surface area contributed by atoms with Gasteiger partial charge in [0, 0.05) is 16.5 Å². The number of primary amides is 1. The van der Waals surface area contributed by atoms with Gasteiger partial charge in [-0.1, -0.05) is 74.3 Å². The van der Waals surface area contributed by atoms with Gasteiger partial charge in [0.25, 0.3) is 10.0 Å². The van der Waals surface area contributed by atoms with Crippen LogP contribution in [0, 0.1) is 5.41 Å². The minimum Gasteiger partial charge on any atom is -0.368 e. The number of sulfonamides is 1. The highest BCUT2D eigenvalue weighted by atomic mass is 35.5. The lowest BCUT2D eigenvalue weighted by molar-refractivity contribution is -0.121. The summed E-state index contributed by atoms with van der Waals surface area (Å²) in [5.41, 5.74) is 7.10. The van der Waals surface area contributed by atoms with Gasteiger partial charge >= 0.3 is 0 Å². The number of rotatable bonds is 7. The predicted molar refractivity (Wildman–Crippen MR) is 157 cm³/mol. The summed E-state index contributed by atoms with van der Waals surface area (Å²) in [4.78, 5) is 17.0. The summed E-state index contributed by atoms with van der Waals surface area (Å²) in [6.07, 6.45) is 0.310. The summed E-state index contributed by atoms with van der Waals surface area (Å²) in [6.45, 7) is 5.42. The highest BCUT2D eigenvalue weighted by Gasteiger charge is 2.36. The summed E-state index contributed by atoms with van der Waals surface area (Å²) in [5, 5.41) is 7.58. The largest absolute Gasteiger partial charge is 0.368 e. The van der Waals surface area contributed by atoms with Crippen molar-refractivity contribution >= 4 is 56.4 Å². The zero-order chi connectivity index (χ0) is 28.4. The van der Waals surface area contributed by atoms with E-state index in [1.54, 1.807) is 37.9 Å². The van der Waals surface area contributed by atoms with Crippen LogP contribution in [0.5, 0.6) is 0 Å².